The van der Waals surface area contributed by atoms with Crippen LogP contribution in [0.15, 0.2) is 12.4 Å². The average molecular weight is 218 g/mol. The van der Waals surface area contributed by atoms with E-state index in [4.69, 9.17) is 0 Å². The van der Waals surface area contributed by atoms with Crippen molar-refractivity contribution in [1.82, 2.24) is 14.4 Å². The van der Waals surface area contributed by atoms with Crippen molar-refractivity contribution in [3.05, 3.63) is 18.1 Å². The van der Waals surface area contributed by atoms with Crippen LogP contribution >= 0.6 is 0 Å². The molecule has 6 nitrogen and oxygen atoms in total. The van der Waals surface area contributed by atoms with Crippen molar-refractivity contribution in [2.75, 3.05) is 5.32 Å². The minimum atomic E-state index is -0.0921. The molecule has 16 heavy (non-hydrogen) atoms. The first-order valence-electron chi connectivity index (χ1n) is 5.06. The Balaban J connectivity index is 2.15. The molecule has 0 spiro atoms. The van der Waals surface area contributed by atoms with Gasteiger partial charge in [0.25, 0.3) is 0 Å². The summed E-state index contributed by atoms with van der Waals surface area (Å²) in [6.07, 6.45) is 5.86. The minimum absolute atomic E-state index is 0.0921. The van der Waals surface area contributed by atoms with E-state index >= 15 is 0 Å². The summed E-state index contributed by atoms with van der Waals surface area (Å²) >= 11 is 0. The molecule has 0 unspecified atom stereocenters. The summed E-state index contributed by atoms with van der Waals surface area (Å²) in [6, 6.07) is 0.412. The average Bonchev–Trinajstić information content (AvgIpc) is 2.95. The highest BCUT2D eigenvalue weighted by atomic mass is 16.3. The molecule has 2 aromatic rings. The van der Waals surface area contributed by atoms with Gasteiger partial charge in [-0.3, -0.25) is 9.20 Å². The van der Waals surface area contributed by atoms with Gasteiger partial charge in [0.2, 0.25) is 5.88 Å². The van der Waals surface area contributed by atoms with Crippen LogP contribution in [-0.2, 0) is 0 Å². The summed E-state index contributed by atoms with van der Waals surface area (Å²) in [4.78, 5) is 18.7. The van der Waals surface area contributed by atoms with Crippen molar-refractivity contribution in [2.24, 2.45) is 0 Å². The number of carbonyl (C=O) groups excluding carboxylic acids is 1. The monoisotopic (exact) mass is 218 g/mol. The SMILES string of the molecule is O=Cc1cn2cc(O)nc(NC3CC3)c2n1. The molecule has 2 heterocycles. The highest BCUT2D eigenvalue weighted by Crippen LogP contribution is 2.26. The van der Waals surface area contributed by atoms with Gasteiger partial charge in [0.1, 0.15) is 5.69 Å². The van der Waals surface area contributed by atoms with Crippen molar-refractivity contribution in [3.63, 3.8) is 0 Å². The van der Waals surface area contributed by atoms with Crippen LogP contribution in [0, 0.1) is 0 Å². The molecule has 3 rings (SSSR count). The van der Waals surface area contributed by atoms with Crippen LogP contribution < -0.4 is 5.32 Å². The van der Waals surface area contributed by atoms with Crippen molar-refractivity contribution in [1.29, 1.82) is 0 Å². The second-order valence-corrected chi connectivity index (χ2v) is 3.88. The lowest BCUT2D eigenvalue weighted by molar-refractivity contribution is 0.111. The Morgan fingerprint density at radius 1 is 1.44 bits per heavy atom. The fourth-order valence-electron chi connectivity index (χ4n) is 1.58. The maximum atomic E-state index is 10.6. The van der Waals surface area contributed by atoms with Gasteiger partial charge in [-0.15, -0.1) is 0 Å². The molecule has 0 atom stereocenters. The summed E-state index contributed by atoms with van der Waals surface area (Å²) in [6.45, 7) is 0. The molecule has 2 aromatic heterocycles. The molecular weight excluding hydrogens is 208 g/mol. The second-order valence-electron chi connectivity index (χ2n) is 3.88. The summed E-state index contributed by atoms with van der Waals surface area (Å²) in [5.41, 5.74) is 0.887. The molecule has 0 aromatic carbocycles. The van der Waals surface area contributed by atoms with Gasteiger partial charge in [0.05, 0.1) is 6.20 Å². The highest BCUT2D eigenvalue weighted by Gasteiger charge is 2.23. The zero-order valence-electron chi connectivity index (χ0n) is 8.42. The molecule has 1 saturated carbocycles. The van der Waals surface area contributed by atoms with Crippen LogP contribution in [0.2, 0.25) is 0 Å². The van der Waals surface area contributed by atoms with Gasteiger partial charge in [-0.25, -0.2) is 4.98 Å². The normalized spacial score (nSPS) is 15.2. The molecule has 0 bridgehead atoms. The predicted molar refractivity (Wildman–Crippen MR) is 56.7 cm³/mol. The van der Waals surface area contributed by atoms with E-state index in [1.165, 1.54) is 6.20 Å². The van der Waals surface area contributed by atoms with E-state index in [-0.39, 0.29) is 5.88 Å². The van der Waals surface area contributed by atoms with Crippen molar-refractivity contribution in [3.8, 4) is 5.88 Å². The Labute approximate surface area is 90.9 Å². The zero-order chi connectivity index (χ0) is 11.1. The maximum Gasteiger partial charge on any atom is 0.230 e. The van der Waals surface area contributed by atoms with Gasteiger partial charge >= 0.3 is 0 Å². The first kappa shape index (κ1) is 9.14. The fraction of sp³-hybridized carbons (Fsp3) is 0.300. The standard InChI is InChI=1S/C10H10N4O2/c15-5-7-3-14-4-8(16)13-9(10(14)12-7)11-6-1-2-6/h3-6,16H,1-2H2,(H,11,13). The number of fused-ring (bicyclic) bond motifs is 1. The summed E-state index contributed by atoms with van der Waals surface area (Å²) < 4.78 is 1.59. The van der Waals surface area contributed by atoms with Crippen molar-refractivity contribution < 1.29 is 9.90 Å². The van der Waals surface area contributed by atoms with Crippen LogP contribution in [0.5, 0.6) is 5.88 Å². The Kier molecular flexibility index (Phi) is 1.82. The van der Waals surface area contributed by atoms with Crippen molar-refractivity contribution in [2.45, 2.75) is 18.9 Å². The van der Waals surface area contributed by atoms with E-state index in [2.05, 4.69) is 15.3 Å². The third-order valence-electron chi connectivity index (χ3n) is 2.48. The largest absolute Gasteiger partial charge is 0.492 e. The Bertz CT molecular complexity index is 559. The molecule has 82 valence electrons. The van der Waals surface area contributed by atoms with Crippen LogP contribution in [0.1, 0.15) is 23.3 Å². The second kappa shape index (κ2) is 3.19. The highest BCUT2D eigenvalue weighted by molar-refractivity contribution is 5.76. The topological polar surface area (TPSA) is 79.5 Å². The number of aldehydes is 1. The number of anilines is 1. The Morgan fingerprint density at radius 2 is 2.25 bits per heavy atom. The molecule has 1 fully saturated rings. The Morgan fingerprint density at radius 3 is 2.94 bits per heavy atom. The summed E-state index contributed by atoms with van der Waals surface area (Å²) in [5, 5.41) is 12.6. The molecule has 1 aliphatic rings. The predicted octanol–water partition coefficient (Wildman–Crippen LogP) is 0.822. The summed E-state index contributed by atoms with van der Waals surface area (Å²) in [7, 11) is 0. The number of hydrogen-bond donors (Lipinski definition) is 2. The molecule has 0 saturated heterocycles. The van der Waals surface area contributed by atoms with Gasteiger partial charge in [-0.05, 0) is 12.8 Å². The number of nitrogens with zero attached hydrogens (tertiary/aromatic N) is 3. The maximum absolute atomic E-state index is 10.6. The molecule has 2 N–H and O–H groups in total. The van der Waals surface area contributed by atoms with Crippen molar-refractivity contribution >= 4 is 17.8 Å². The van der Waals surface area contributed by atoms with Gasteiger partial charge in [0, 0.05) is 12.2 Å². The molecule has 1 aliphatic carbocycles. The lowest BCUT2D eigenvalue weighted by Gasteiger charge is -2.05. The zero-order valence-corrected chi connectivity index (χ0v) is 8.42. The minimum Gasteiger partial charge on any atom is -0.492 e. The van der Waals surface area contributed by atoms with E-state index in [1.807, 2.05) is 0 Å². The number of aromatic nitrogens is 3. The van der Waals surface area contributed by atoms with E-state index in [0.29, 0.717) is 29.5 Å². The third-order valence-corrected chi connectivity index (χ3v) is 2.48. The third kappa shape index (κ3) is 1.48. The molecule has 6 heteroatoms. The molecule has 0 amide bonds. The Hall–Kier alpha value is -2.11. The first-order valence-corrected chi connectivity index (χ1v) is 5.06. The number of imidazole rings is 1. The summed E-state index contributed by atoms with van der Waals surface area (Å²) in [5.74, 6) is 0.432. The molecule has 0 radical (unpaired) electrons. The van der Waals surface area contributed by atoms with E-state index < -0.39 is 0 Å². The van der Waals surface area contributed by atoms with Crippen LogP contribution in [0.4, 0.5) is 5.82 Å². The number of aromatic hydroxyl groups is 1. The van der Waals surface area contributed by atoms with Crippen LogP contribution in [-0.4, -0.2) is 31.8 Å². The number of rotatable bonds is 3. The number of carbonyl (C=O) groups is 1. The van der Waals surface area contributed by atoms with Gasteiger partial charge < -0.3 is 10.4 Å². The van der Waals surface area contributed by atoms with Crippen LogP contribution in [0.25, 0.3) is 5.65 Å². The lowest BCUT2D eigenvalue weighted by atomic mass is 10.5. The first-order chi connectivity index (χ1) is 7.76. The smallest absolute Gasteiger partial charge is 0.230 e. The number of hydrogen-bond acceptors (Lipinski definition) is 5. The van der Waals surface area contributed by atoms with Gasteiger partial charge in [-0.2, -0.15) is 4.98 Å². The van der Waals surface area contributed by atoms with E-state index in [9.17, 15) is 9.90 Å². The molecular formula is C10H10N4O2. The lowest BCUT2D eigenvalue weighted by Crippen LogP contribution is -2.05. The van der Waals surface area contributed by atoms with Crippen LogP contribution in [0.3, 0.4) is 0 Å². The van der Waals surface area contributed by atoms with E-state index in [0.717, 1.165) is 12.8 Å². The van der Waals surface area contributed by atoms with Gasteiger partial charge in [-0.1, -0.05) is 0 Å². The fourth-order valence-corrected chi connectivity index (χ4v) is 1.58. The van der Waals surface area contributed by atoms with Gasteiger partial charge in [0.15, 0.2) is 17.8 Å². The number of nitrogens with one attached hydrogen (secondary N) is 1. The quantitative estimate of drug-likeness (QED) is 0.745. The van der Waals surface area contributed by atoms with E-state index in [1.54, 1.807) is 10.6 Å². The molecule has 0 aliphatic heterocycles.